The minimum absolute atomic E-state index is 0.711. The first kappa shape index (κ1) is 6.14. The Balaban J connectivity index is 3.37. The van der Waals surface area contributed by atoms with Gasteiger partial charge in [-0.2, -0.15) is 0 Å². The predicted molar refractivity (Wildman–Crippen MR) is 28.5 cm³/mol. The highest BCUT2D eigenvalue weighted by Gasteiger charge is 1.78. The van der Waals surface area contributed by atoms with Crippen molar-refractivity contribution in [3.63, 3.8) is 0 Å². The van der Waals surface area contributed by atoms with Crippen LogP contribution in [0.4, 0.5) is 0 Å². The van der Waals surface area contributed by atoms with E-state index in [1.807, 2.05) is 6.92 Å². The average Bonchev–Trinajstić information content (AvgIpc) is 1.68. The lowest BCUT2D eigenvalue weighted by atomic mass is 10.4. The first-order valence-corrected chi connectivity index (χ1v) is 2.10. The van der Waals surface area contributed by atoms with E-state index in [4.69, 9.17) is 5.84 Å². The maximum absolute atomic E-state index is 4.70. The zero-order valence-corrected chi connectivity index (χ0v) is 4.39. The smallest absolute Gasteiger partial charge is 0.0573 e. The summed E-state index contributed by atoms with van der Waals surface area (Å²) >= 11 is 0. The van der Waals surface area contributed by atoms with Gasteiger partial charge in [0.2, 0.25) is 0 Å². The molecule has 0 aromatic carbocycles. The van der Waals surface area contributed by atoms with Crippen molar-refractivity contribution in [2.45, 2.75) is 13.3 Å². The van der Waals surface area contributed by atoms with Crippen LogP contribution < -0.4 is 5.84 Å². The van der Waals surface area contributed by atoms with Crippen molar-refractivity contribution < 1.29 is 0 Å². The van der Waals surface area contributed by atoms with Gasteiger partial charge in [0, 0.05) is 0 Å². The standard InChI is InChI=1S/C4H9N3/c1-3-4(2)6-7-5/h2-3H2,1H3,(H2,5,6). The number of hydrogen-bond donors (Lipinski definition) is 1. The van der Waals surface area contributed by atoms with Gasteiger partial charge in [-0.15, -0.1) is 5.11 Å². The van der Waals surface area contributed by atoms with Gasteiger partial charge in [0.1, 0.15) is 0 Å². The molecule has 0 radical (unpaired) electrons. The lowest BCUT2D eigenvalue weighted by Crippen LogP contribution is -1.76. The normalized spacial score (nSPS) is 9.86. The van der Waals surface area contributed by atoms with Crippen LogP contribution in [-0.2, 0) is 0 Å². The number of allylic oxidation sites excluding steroid dienone is 1. The van der Waals surface area contributed by atoms with Gasteiger partial charge in [0.05, 0.1) is 5.70 Å². The molecular formula is C4H9N3. The summed E-state index contributed by atoms with van der Waals surface area (Å²) in [4.78, 5) is 0. The van der Waals surface area contributed by atoms with Crippen LogP contribution in [0.1, 0.15) is 13.3 Å². The Morgan fingerprint density at radius 1 is 1.86 bits per heavy atom. The molecular weight excluding hydrogens is 90.1 g/mol. The van der Waals surface area contributed by atoms with E-state index in [9.17, 15) is 0 Å². The van der Waals surface area contributed by atoms with Gasteiger partial charge >= 0.3 is 0 Å². The molecule has 0 aromatic rings. The summed E-state index contributed by atoms with van der Waals surface area (Å²) in [6.45, 7) is 5.46. The molecule has 7 heavy (non-hydrogen) atoms. The van der Waals surface area contributed by atoms with Crippen LogP contribution in [0.5, 0.6) is 0 Å². The van der Waals surface area contributed by atoms with Gasteiger partial charge in [-0.3, -0.25) is 0 Å². The molecule has 0 saturated carbocycles. The fourth-order valence-corrected chi connectivity index (χ4v) is 0.152. The Bertz CT molecular complexity index is 84.9. The molecule has 2 N–H and O–H groups in total. The largest absolute Gasteiger partial charge is 0.305 e. The van der Waals surface area contributed by atoms with Gasteiger partial charge in [-0.1, -0.05) is 18.7 Å². The SMILES string of the molecule is C=C(CC)N=NN. The molecule has 0 atom stereocenters. The zero-order chi connectivity index (χ0) is 5.70. The zero-order valence-electron chi connectivity index (χ0n) is 4.39. The molecule has 40 valence electrons. The fourth-order valence-electron chi connectivity index (χ4n) is 0.152. The van der Waals surface area contributed by atoms with Crippen molar-refractivity contribution in [1.29, 1.82) is 0 Å². The molecule has 0 unspecified atom stereocenters. The predicted octanol–water partition coefficient (Wildman–Crippen LogP) is 1.24. The fraction of sp³-hybridized carbons (Fsp3) is 0.500. The first-order chi connectivity index (χ1) is 3.31. The monoisotopic (exact) mass is 99.1 g/mol. The van der Waals surface area contributed by atoms with Crippen LogP contribution >= 0.6 is 0 Å². The summed E-state index contributed by atoms with van der Waals surface area (Å²) in [5, 5.41) is 6.48. The average molecular weight is 99.1 g/mol. The number of nitrogens with two attached hydrogens (primary N) is 1. The maximum Gasteiger partial charge on any atom is 0.0573 e. The molecule has 0 bridgehead atoms. The van der Waals surface area contributed by atoms with Crippen LogP contribution in [-0.4, -0.2) is 0 Å². The van der Waals surface area contributed by atoms with E-state index < -0.39 is 0 Å². The highest BCUT2D eigenvalue weighted by molar-refractivity contribution is 4.86. The lowest BCUT2D eigenvalue weighted by molar-refractivity contribution is 0.949. The Kier molecular flexibility index (Phi) is 2.92. The van der Waals surface area contributed by atoms with Crippen molar-refractivity contribution in [1.82, 2.24) is 0 Å². The summed E-state index contributed by atoms with van der Waals surface area (Å²) < 4.78 is 0. The third kappa shape index (κ3) is 2.96. The van der Waals surface area contributed by atoms with Gasteiger partial charge in [-0.25, -0.2) is 0 Å². The summed E-state index contributed by atoms with van der Waals surface area (Å²) in [6, 6.07) is 0. The van der Waals surface area contributed by atoms with Crippen LogP contribution in [0.2, 0.25) is 0 Å². The van der Waals surface area contributed by atoms with E-state index in [0.29, 0.717) is 5.70 Å². The second-order valence-electron chi connectivity index (χ2n) is 1.14. The summed E-state index contributed by atoms with van der Waals surface area (Å²) in [7, 11) is 0. The molecule has 3 nitrogen and oxygen atoms in total. The molecule has 0 saturated heterocycles. The highest BCUT2D eigenvalue weighted by atomic mass is 15.3. The molecule has 0 aromatic heterocycles. The Morgan fingerprint density at radius 3 is 2.57 bits per heavy atom. The van der Waals surface area contributed by atoms with Crippen LogP contribution in [0, 0.1) is 0 Å². The van der Waals surface area contributed by atoms with E-state index in [0.717, 1.165) is 6.42 Å². The van der Waals surface area contributed by atoms with E-state index in [1.165, 1.54) is 0 Å². The van der Waals surface area contributed by atoms with E-state index >= 15 is 0 Å². The molecule has 3 heteroatoms. The van der Waals surface area contributed by atoms with E-state index in [1.54, 1.807) is 0 Å². The van der Waals surface area contributed by atoms with Crippen molar-refractivity contribution in [2.24, 2.45) is 16.2 Å². The van der Waals surface area contributed by atoms with Crippen LogP contribution in [0.15, 0.2) is 22.6 Å². The topological polar surface area (TPSA) is 50.7 Å². The summed E-state index contributed by atoms with van der Waals surface area (Å²) in [5.74, 6) is 4.70. The minimum atomic E-state index is 0.711. The lowest BCUT2D eigenvalue weighted by Gasteiger charge is -1.83. The highest BCUT2D eigenvalue weighted by Crippen LogP contribution is 1.95. The quantitative estimate of drug-likeness (QED) is 0.316. The second-order valence-corrected chi connectivity index (χ2v) is 1.14. The number of rotatable bonds is 2. The number of nitrogens with zero attached hydrogens (tertiary/aromatic N) is 2. The molecule has 0 aliphatic rings. The van der Waals surface area contributed by atoms with Crippen molar-refractivity contribution >= 4 is 0 Å². The minimum Gasteiger partial charge on any atom is -0.305 e. The third-order valence-electron chi connectivity index (χ3n) is 0.607. The Hall–Kier alpha value is -0.860. The summed E-state index contributed by atoms with van der Waals surface area (Å²) in [5.41, 5.74) is 0.711. The van der Waals surface area contributed by atoms with E-state index in [-0.39, 0.29) is 0 Å². The van der Waals surface area contributed by atoms with Gasteiger partial charge in [0.25, 0.3) is 0 Å². The second kappa shape index (κ2) is 3.33. The molecule has 0 aliphatic heterocycles. The van der Waals surface area contributed by atoms with Gasteiger partial charge in [0.15, 0.2) is 0 Å². The van der Waals surface area contributed by atoms with Crippen molar-refractivity contribution in [3.05, 3.63) is 12.3 Å². The first-order valence-electron chi connectivity index (χ1n) is 2.10. The van der Waals surface area contributed by atoms with Gasteiger partial charge in [-0.05, 0) is 6.42 Å². The number of hydrogen-bond acceptors (Lipinski definition) is 2. The molecule has 0 fully saturated rings. The Labute approximate surface area is 42.9 Å². The maximum atomic E-state index is 4.70. The van der Waals surface area contributed by atoms with E-state index in [2.05, 4.69) is 16.9 Å². The molecule has 0 rings (SSSR count). The van der Waals surface area contributed by atoms with Crippen LogP contribution in [0.25, 0.3) is 0 Å². The van der Waals surface area contributed by atoms with Crippen molar-refractivity contribution in [2.75, 3.05) is 0 Å². The molecule has 0 heterocycles. The molecule has 0 aliphatic carbocycles. The summed E-state index contributed by atoms with van der Waals surface area (Å²) in [6.07, 6.45) is 0.806. The third-order valence-corrected chi connectivity index (χ3v) is 0.607. The van der Waals surface area contributed by atoms with Gasteiger partial charge < -0.3 is 5.84 Å². The Morgan fingerprint density at radius 2 is 2.43 bits per heavy atom. The molecule has 0 amide bonds. The van der Waals surface area contributed by atoms with Crippen LogP contribution in [0.3, 0.4) is 0 Å². The van der Waals surface area contributed by atoms with Crippen molar-refractivity contribution in [3.8, 4) is 0 Å². The molecule has 0 spiro atoms.